The number of carbonyl (C=O) groups excluding carboxylic acids is 4. The third-order valence-electron chi connectivity index (χ3n) is 12.9. The Bertz CT molecular complexity index is 1180. The SMILES string of the molecule is CCCCCCCCCCCCCCCCSCC(CO[C@H]1O[C@H](C(O)C(C)=O)[C@@](O)(C(C)=O)[C@@](O)(C(C)=O)[C@]1(O)C(C)=O)CSCCCCCCCCCCCCCCCC. The third-order valence-corrected chi connectivity index (χ3v) is 15.5. The lowest BCUT2D eigenvalue weighted by Gasteiger charge is -2.58. The summed E-state index contributed by atoms with van der Waals surface area (Å²) in [6.45, 7) is 7.98. The van der Waals surface area contributed by atoms with Gasteiger partial charge in [-0.1, -0.05) is 181 Å². The Labute approximate surface area is 386 Å². The second kappa shape index (κ2) is 34.4. The van der Waals surface area contributed by atoms with Crippen LogP contribution in [-0.2, 0) is 28.7 Å². The van der Waals surface area contributed by atoms with Crippen molar-refractivity contribution in [1.82, 2.24) is 0 Å². The Morgan fingerprint density at radius 3 is 1.13 bits per heavy atom. The van der Waals surface area contributed by atoms with Crippen LogP contribution in [0.2, 0.25) is 0 Å². The van der Waals surface area contributed by atoms with E-state index < -0.39 is 58.4 Å². The molecule has 0 aliphatic carbocycles. The second-order valence-electron chi connectivity index (χ2n) is 18.4. The molecule has 6 atom stereocenters. The lowest BCUT2D eigenvalue weighted by Crippen LogP contribution is -2.87. The Morgan fingerprint density at radius 1 is 0.516 bits per heavy atom. The zero-order valence-electron chi connectivity index (χ0n) is 40.2. The zero-order valence-corrected chi connectivity index (χ0v) is 41.8. The van der Waals surface area contributed by atoms with Crippen LogP contribution >= 0.6 is 23.5 Å². The highest BCUT2D eigenvalue weighted by Gasteiger charge is 2.79. The maximum absolute atomic E-state index is 13.2. The molecule has 1 fully saturated rings. The highest BCUT2D eigenvalue weighted by molar-refractivity contribution is 8.00. The minimum atomic E-state index is -3.50. The molecular weight excluding hydrogens is 825 g/mol. The molecule has 1 aliphatic rings. The molecule has 0 saturated carbocycles. The smallest absolute Gasteiger partial charge is 0.213 e. The molecule has 0 radical (unpaired) electrons. The number of aliphatic hydroxyl groups is 4. The topological polar surface area (TPSA) is 168 Å². The number of thioether (sulfide) groups is 2. The van der Waals surface area contributed by atoms with Crippen LogP contribution < -0.4 is 0 Å². The number of rotatable bonds is 42. The molecule has 0 bridgehead atoms. The van der Waals surface area contributed by atoms with Gasteiger partial charge in [0.15, 0.2) is 35.0 Å². The van der Waals surface area contributed by atoms with E-state index in [0.29, 0.717) is 11.5 Å². The monoisotopic (exact) mass is 917 g/mol. The van der Waals surface area contributed by atoms with E-state index in [0.717, 1.165) is 52.0 Å². The Morgan fingerprint density at radius 2 is 0.839 bits per heavy atom. The van der Waals surface area contributed by atoms with E-state index in [4.69, 9.17) is 9.47 Å². The van der Waals surface area contributed by atoms with Crippen molar-refractivity contribution >= 4 is 46.7 Å². The van der Waals surface area contributed by atoms with Gasteiger partial charge in [0.05, 0.1) is 6.61 Å². The summed E-state index contributed by atoms with van der Waals surface area (Å²) >= 11 is 3.62. The molecule has 364 valence electrons. The number of aliphatic hydroxyl groups excluding tert-OH is 1. The van der Waals surface area contributed by atoms with Crippen molar-refractivity contribution in [2.75, 3.05) is 29.6 Å². The van der Waals surface area contributed by atoms with Crippen LogP contribution in [0.5, 0.6) is 0 Å². The van der Waals surface area contributed by atoms with Gasteiger partial charge in [-0.25, -0.2) is 0 Å². The van der Waals surface area contributed by atoms with Gasteiger partial charge < -0.3 is 29.9 Å². The Balaban J connectivity index is 2.79. The molecule has 0 aromatic rings. The molecule has 0 spiro atoms. The fourth-order valence-corrected chi connectivity index (χ4v) is 11.1. The molecule has 0 amide bonds. The van der Waals surface area contributed by atoms with Crippen molar-refractivity contribution in [2.45, 2.75) is 257 Å². The van der Waals surface area contributed by atoms with Gasteiger partial charge in [0.2, 0.25) is 11.2 Å². The van der Waals surface area contributed by atoms with Crippen molar-refractivity contribution in [3.8, 4) is 0 Å². The van der Waals surface area contributed by atoms with Gasteiger partial charge in [0, 0.05) is 5.92 Å². The van der Waals surface area contributed by atoms with Crippen LogP contribution in [0.15, 0.2) is 0 Å². The summed E-state index contributed by atoms with van der Waals surface area (Å²) in [6.07, 6.45) is 29.9. The molecular formula is C50H92O10S2. The number of ether oxygens (including phenoxy) is 2. The molecule has 12 heteroatoms. The average Bonchev–Trinajstić information content (AvgIpc) is 3.23. The van der Waals surface area contributed by atoms with E-state index in [2.05, 4.69) is 13.8 Å². The van der Waals surface area contributed by atoms with Crippen LogP contribution in [0.4, 0.5) is 0 Å². The van der Waals surface area contributed by atoms with E-state index in [1.807, 2.05) is 23.5 Å². The van der Waals surface area contributed by atoms with E-state index in [9.17, 15) is 39.6 Å². The van der Waals surface area contributed by atoms with Crippen LogP contribution in [0, 0.1) is 5.92 Å². The summed E-state index contributed by atoms with van der Waals surface area (Å²) in [7, 11) is 0. The summed E-state index contributed by atoms with van der Waals surface area (Å²) in [4.78, 5) is 51.7. The standard InChI is InChI=1S/C50H92O10S2/c1-7-9-11-13-15-17-19-21-23-25-27-29-31-33-35-61-38-44(39-62-36-34-32-30-28-26-24-22-20-18-16-14-12-10-8-2)37-59-47-49(57,42(5)53)50(58,43(6)54)48(56,41(4)52)46(60-47)45(55)40(3)51/h44-47,55-58H,7-39H2,1-6H3/t45?,46-,47+,48+,49+,50+/m1/s1. The maximum Gasteiger partial charge on any atom is 0.213 e. The predicted molar refractivity (Wildman–Crippen MR) is 257 cm³/mol. The fraction of sp³-hybridized carbons (Fsp3) is 0.920. The van der Waals surface area contributed by atoms with Crippen LogP contribution in [0.3, 0.4) is 0 Å². The molecule has 62 heavy (non-hydrogen) atoms. The number of Topliss-reactive ketones (excluding diaryl/α,β-unsaturated/α-hetero) is 4. The number of hydrogen-bond donors (Lipinski definition) is 4. The first-order valence-corrected chi connectivity index (χ1v) is 27.3. The van der Waals surface area contributed by atoms with Crippen LogP contribution in [-0.4, -0.2) is 108 Å². The van der Waals surface area contributed by atoms with Gasteiger partial charge in [-0.2, -0.15) is 23.5 Å². The molecule has 1 saturated heterocycles. The normalized spacial score (nSPS) is 23.2. The zero-order chi connectivity index (χ0) is 46.3. The van der Waals surface area contributed by atoms with Crippen LogP contribution in [0.1, 0.15) is 221 Å². The van der Waals surface area contributed by atoms with Gasteiger partial charge in [0.25, 0.3) is 0 Å². The molecule has 4 N–H and O–H groups in total. The summed E-state index contributed by atoms with van der Waals surface area (Å²) in [5, 5.41) is 46.3. The summed E-state index contributed by atoms with van der Waals surface area (Å²) in [5.41, 5.74) is -10.1. The van der Waals surface area contributed by atoms with Gasteiger partial charge in [-0.3, -0.25) is 19.2 Å². The van der Waals surface area contributed by atoms with E-state index in [-0.39, 0.29) is 12.5 Å². The summed E-state index contributed by atoms with van der Waals surface area (Å²) in [6, 6.07) is 0. The van der Waals surface area contributed by atoms with Crippen molar-refractivity contribution in [3.05, 3.63) is 0 Å². The fourth-order valence-electron chi connectivity index (χ4n) is 8.75. The van der Waals surface area contributed by atoms with Crippen molar-refractivity contribution < 1.29 is 49.1 Å². The second-order valence-corrected chi connectivity index (χ2v) is 20.7. The van der Waals surface area contributed by atoms with E-state index in [1.165, 1.54) is 167 Å². The summed E-state index contributed by atoms with van der Waals surface area (Å²) in [5.74, 6) is -1.44. The summed E-state index contributed by atoms with van der Waals surface area (Å²) < 4.78 is 11.9. The number of carbonyl (C=O) groups is 4. The molecule has 1 heterocycles. The lowest BCUT2D eigenvalue weighted by atomic mass is 9.60. The number of unbranched alkanes of at least 4 members (excludes halogenated alkanes) is 26. The van der Waals surface area contributed by atoms with Gasteiger partial charge in [-0.15, -0.1) is 0 Å². The van der Waals surface area contributed by atoms with Gasteiger partial charge in [-0.05, 0) is 63.5 Å². The predicted octanol–water partition coefficient (Wildman–Crippen LogP) is 10.7. The van der Waals surface area contributed by atoms with Crippen molar-refractivity contribution in [2.24, 2.45) is 5.92 Å². The van der Waals surface area contributed by atoms with E-state index in [1.54, 1.807) is 0 Å². The highest BCUT2D eigenvalue weighted by Crippen LogP contribution is 2.48. The number of hydrogen-bond acceptors (Lipinski definition) is 12. The maximum atomic E-state index is 13.2. The Hall–Kier alpha value is -0.860. The lowest BCUT2D eigenvalue weighted by molar-refractivity contribution is -0.373. The first-order valence-electron chi connectivity index (χ1n) is 25.0. The third kappa shape index (κ3) is 19.9. The first kappa shape index (κ1) is 59.2. The van der Waals surface area contributed by atoms with Gasteiger partial charge in [0.1, 0.15) is 12.2 Å². The minimum absolute atomic E-state index is 0.0485. The Kier molecular flexibility index (Phi) is 32.9. The van der Waals surface area contributed by atoms with Crippen molar-refractivity contribution in [3.63, 3.8) is 0 Å². The molecule has 0 aromatic heterocycles. The quantitative estimate of drug-likeness (QED) is 0.0429. The van der Waals surface area contributed by atoms with Crippen LogP contribution in [0.25, 0.3) is 0 Å². The molecule has 10 nitrogen and oxygen atoms in total. The molecule has 1 unspecified atom stereocenters. The molecule has 1 rings (SSSR count). The molecule has 0 aromatic carbocycles. The average molecular weight is 917 g/mol. The largest absolute Gasteiger partial charge is 0.382 e. The number of ketones is 4. The highest BCUT2D eigenvalue weighted by atomic mass is 32.2. The van der Waals surface area contributed by atoms with Gasteiger partial charge >= 0.3 is 0 Å². The molecule has 1 aliphatic heterocycles. The van der Waals surface area contributed by atoms with E-state index >= 15 is 0 Å². The van der Waals surface area contributed by atoms with Crippen molar-refractivity contribution in [1.29, 1.82) is 0 Å². The first-order chi connectivity index (χ1) is 29.7. The minimum Gasteiger partial charge on any atom is -0.382 e.